The Labute approximate surface area is 86.9 Å². The maximum absolute atomic E-state index is 11.5. The lowest BCUT2D eigenvalue weighted by atomic mass is 10.1. The molecule has 0 radical (unpaired) electrons. The van der Waals surface area contributed by atoms with Gasteiger partial charge in [0.05, 0.1) is 19.3 Å². The van der Waals surface area contributed by atoms with E-state index < -0.39 is 6.04 Å². The fourth-order valence-electron chi connectivity index (χ4n) is 1.69. The zero-order valence-electron chi connectivity index (χ0n) is 8.28. The smallest absolute Gasteiger partial charge is 0.223 e. The zero-order chi connectivity index (χ0) is 11.3. The fourth-order valence-corrected chi connectivity index (χ4v) is 1.69. The molecule has 1 saturated heterocycles. The molecule has 1 aliphatic rings. The van der Waals surface area contributed by atoms with Gasteiger partial charge in [0.15, 0.2) is 0 Å². The minimum atomic E-state index is -0.534. The highest BCUT2D eigenvalue weighted by Crippen LogP contribution is 2.20. The monoisotopic (exact) mass is 214 g/mol. The molecule has 1 aliphatic heterocycles. The Bertz CT molecular complexity index is 273. The Morgan fingerprint density at radius 2 is 2.27 bits per heavy atom. The van der Waals surface area contributed by atoms with Crippen molar-refractivity contribution in [3.63, 3.8) is 0 Å². The molecule has 15 heavy (non-hydrogen) atoms. The predicted octanol–water partition coefficient (Wildman–Crippen LogP) is -0.502. The Hall–Kier alpha value is -1.30. The predicted molar refractivity (Wildman–Crippen MR) is 51.8 cm³/mol. The van der Waals surface area contributed by atoms with E-state index in [1.165, 1.54) is 4.90 Å². The van der Waals surface area contributed by atoms with E-state index in [1.54, 1.807) is 0 Å². The van der Waals surface area contributed by atoms with Crippen LogP contribution >= 0.6 is 0 Å². The van der Waals surface area contributed by atoms with E-state index in [4.69, 9.17) is 15.7 Å². The van der Waals surface area contributed by atoms with Crippen LogP contribution < -0.4 is 0 Å². The number of hydrogen-bond donors (Lipinski definition) is 2. The minimum absolute atomic E-state index is 0.00556. The first-order valence-corrected chi connectivity index (χ1v) is 4.75. The molecule has 1 unspecified atom stereocenters. The summed E-state index contributed by atoms with van der Waals surface area (Å²) in [5.74, 6) is -0.116. The number of carbonyl (C=O) groups excluding carboxylic acids is 1. The fraction of sp³-hybridized carbons (Fsp3) is 0.875. The molecule has 1 rings (SSSR count). The average molecular weight is 214 g/mol. The van der Waals surface area contributed by atoms with Crippen molar-refractivity contribution < 1.29 is 15.0 Å². The molecule has 84 valence electrons. The van der Waals surface area contributed by atoms with E-state index in [9.17, 15) is 4.79 Å². The van der Waals surface area contributed by atoms with Gasteiger partial charge in [-0.1, -0.05) is 5.11 Å². The zero-order valence-corrected chi connectivity index (χ0v) is 8.28. The van der Waals surface area contributed by atoms with Gasteiger partial charge in [-0.2, -0.15) is 0 Å². The molecule has 0 bridgehead atoms. The Kier molecular flexibility index (Phi) is 4.36. The highest BCUT2D eigenvalue weighted by atomic mass is 16.3. The number of amides is 1. The normalized spacial score (nSPS) is 20.9. The molecule has 0 aliphatic carbocycles. The molecule has 0 aromatic carbocycles. The van der Waals surface area contributed by atoms with Gasteiger partial charge in [0, 0.05) is 24.4 Å². The van der Waals surface area contributed by atoms with Crippen LogP contribution in [-0.2, 0) is 4.79 Å². The highest BCUT2D eigenvalue weighted by molar-refractivity contribution is 5.79. The van der Waals surface area contributed by atoms with Gasteiger partial charge in [0.25, 0.3) is 0 Å². The molecule has 2 N–H and O–H groups in total. The third-order valence-corrected chi connectivity index (χ3v) is 2.50. The number of nitrogens with zero attached hydrogens (tertiary/aromatic N) is 4. The van der Waals surface area contributed by atoms with E-state index in [0.717, 1.165) is 0 Å². The number of aliphatic hydroxyl groups excluding tert-OH is 2. The van der Waals surface area contributed by atoms with E-state index in [0.29, 0.717) is 13.0 Å². The van der Waals surface area contributed by atoms with Crippen molar-refractivity contribution in [2.45, 2.75) is 12.5 Å². The Morgan fingerprint density at radius 1 is 1.60 bits per heavy atom. The molecule has 1 atom stereocenters. The van der Waals surface area contributed by atoms with Crippen LogP contribution in [0.15, 0.2) is 5.11 Å². The number of likely N-dealkylation sites (tertiary alicyclic amines) is 1. The first-order chi connectivity index (χ1) is 7.22. The summed E-state index contributed by atoms with van der Waals surface area (Å²) < 4.78 is 0. The van der Waals surface area contributed by atoms with Crippen molar-refractivity contribution in [3.8, 4) is 0 Å². The van der Waals surface area contributed by atoms with Crippen molar-refractivity contribution in [1.82, 2.24) is 4.90 Å². The van der Waals surface area contributed by atoms with Gasteiger partial charge >= 0.3 is 0 Å². The van der Waals surface area contributed by atoms with E-state index in [-0.39, 0.29) is 31.6 Å². The molecule has 7 heteroatoms. The molecule has 0 spiro atoms. The van der Waals surface area contributed by atoms with Crippen molar-refractivity contribution in [2.24, 2.45) is 11.0 Å². The van der Waals surface area contributed by atoms with Gasteiger partial charge < -0.3 is 15.1 Å². The standard InChI is InChI=1S/C8H14N4O3/c9-11-10-2-6-1-8(15)12(3-6)7(4-13)5-14/h6-7,13-14H,1-5H2. The number of carbonyl (C=O) groups is 1. The third-order valence-electron chi connectivity index (χ3n) is 2.50. The van der Waals surface area contributed by atoms with Crippen molar-refractivity contribution in [3.05, 3.63) is 10.4 Å². The second kappa shape index (κ2) is 5.55. The summed E-state index contributed by atoms with van der Waals surface area (Å²) in [7, 11) is 0. The molecule has 1 amide bonds. The second-order valence-electron chi connectivity index (χ2n) is 3.55. The first-order valence-electron chi connectivity index (χ1n) is 4.75. The lowest BCUT2D eigenvalue weighted by Crippen LogP contribution is -2.41. The van der Waals surface area contributed by atoms with E-state index >= 15 is 0 Å². The summed E-state index contributed by atoms with van der Waals surface area (Å²) in [6, 6.07) is -0.534. The van der Waals surface area contributed by atoms with Crippen LogP contribution in [0.25, 0.3) is 10.4 Å². The van der Waals surface area contributed by atoms with Gasteiger partial charge in [-0.3, -0.25) is 4.79 Å². The number of rotatable bonds is 5. The first kappa shape index (κ1) is 11.8. The summed E-state index contributed by atoms with van der Waals surface area (Å²) in [5.41, 5.74) is 8.14. The molecule has 7 nitrogen and oxygen atoms in total. The quantitative estimate of drug-likeness (QED) is 0.365. The van der Waals surface area contributed by atoms with Crippen LogP contribution in [0, 0.1) is 5.92 Å². The molecule has 0 aromatic heterocycles. The van der Waals surface area contributed by atoms with Crippen molar-refractivity contribution in [1.29, 1.82) is 0 Å². The van der Waals surface area contributed by atoms with Gasteiger partial charge in [0.2, 0.25) is 5.91 Å². The van der Waals surface area contributed by atoms with Crippen LogP contribution in [0.2, 0.25) is 0 Å². The Balaban J connectivity index is 2.55. The van der Waals surface area contributed by atoms with Crippen molar-refractivity contribution in [2.75, 3.05) is 26.3 Å². The molecule has 0 saturated carbocycles. The highest BCUT2D eigenvalue weighted by Gasteiger charge is 2.33. The van der Waals surface area contributed by atoms with Crippen LogP contribution in [0.5, 0.6) is 0 Å². The van der Waals surface area contributed by atoms with Crippen molar-refractivity contribution >= 4 is 5.91 Å². The largest absolute Gasteiger partial charge is 0.394 e. The molecular formula is C8H14N4O3. The van der Waals surface area contributed by atoms with Crippen LogP contribution in [0.1, 0.15) is 6.42 Å². The van der Waals surface area contributed by atoms with E-state index in [2.05, 4.69) is 10.0 Å². The second-order valence-corrected chi connectivity index (χ2v) is 3.55. The molecule has 1 fully saturated rings. The summed E-state index contributed by atoms with van der Waals surface area (Å²) in [5, 5.41) is 21.3. The Morgan fingerprint density at radius 3 is 2.80 bits per heavy atom. The van der Waals surface area contributed by atoms with Crippen LogP contribution in [-0.4, -0.2) is 53.4 Å². The maximum Gasteiger partial charge on any atom is 0.223 e. The molecule has 1 heterocycles. The SMILES string of the molecule is [N-]=[N+]=NCC1CC(=O)N(C(CO)CO)C1. The third kappa shape index (κ3) is 2.82. The lowest BCUT2D eigenvalue weighted by molar-refractivity contribution is -0.131. The van der Waals surface area contributed by atoms with Gasteiger partial charge in [-0.15, -0.1) is 0 Å². The van der Waals surface area contributed by atoms with Gasteiger partial charge in [-0.05, 0) is 11.4 Å². The lowest BCUT2D eigenvalue weighted by Gasteiger charge is -2.24. The molecular weight excluding hydrogens is 200 g/mol. The summed E-state index contributed by atoms with van der Waals surface area (Å²) in [6.07, 6.45) is 0.315. The number of hydrogen-bond acceptors (Lipinski definition) is 4. The summed E-state index contributed by atoms with van der Waals surface area (Å²) in [6.45, 7) is 0.207. The number of aliphatic hydroxyl groups is 2. The van der Waals surface area contributed by atoms with Gasteiger partial charge in [0.1, 0.15) is 0 Å². The average Bonchev–Trinajstić information content (AvgIpc) is 2.59. The van der Waals surface area contributed by atoms with E-state index in [1.807, 2.05) is 0 Å². The minimum Gasteiger partial charge on any atom is -0.394 e. The maximum atomic E-state index is 11.5. The molecule has 0 aromatic rings. The number of azide groups is 1. The summed E-state index contributed by atoms with van der Waals surface area (Å²) in [4.78, 5) is 15.5. The topological polar surface area (TPSA) is 110 Å². The summed E-state index contributed by atoms with van der Waals surface area (Å²) >= 11 is 0. The van der Waals surface area contributed by atoms with Crippen LogP contribution in [0.3, 0.4) is 0 Å². The van der Waals surface area contributed by atoms with Crippen LogP contribution in [0.4, 0.5) is 0 Å². The van der Waals surface area contributed by atoms with Gasteiger partial charge in [-0.25, -0.2) is 0 Å².